The van der Waals surface area contributed by atoms with Gasteiger partial charge in [0.15, 0.2) is 0 Å². The van der Waals surface area contributed by atoms with Crippen molar-refractivity contribution in [2.24, 2.45) is 0 Å². The number of methoxy groups -OCH3 is 1. The van der Waals surface area contributed by atoms with Crippen LogP contribution in [0.3, 0.4) is 0 Å². The topological polar surface area (TPSA) is 81.4 Å². The fraction of sp³-hybridized carbons (Fsp3) is 0.600. The number of hydrogen-bond acceptors (Lipinski definition) is 4. The Balaban J connectivity index is 2.46. The van der Waals surface area contributed by atoms with Crippen LogP contribution in [-0.2, 0) is 10.0 Å². The van der Waals surface area contributed by atoms with Gasteiger partial charge in [-0.1, -0.05) is 39.0 Å². The van der Waals surface area contributed by atoms with Gasteiger partial charge in [0.1, 0.15) is 5.75 Å². The monoisotopic (exact) mass is 314 g/mol. The van der Waals surface area contributed by atoms with Crippen molar-refractivity contribution < 1.29 is 13.2 Å². The van der Waals surface area contributed by atoms with E-state index in [4.69, 9.17) is 10.5 Å². The minimum absolute atomic E-state index is 0.180. The van der Waals surface area contributed by atoms with E-state index in [1.807, 2.05) is 0 Å². The standard InChI is InChI=1S/C15H26N2O3S/c1-3-4-5-6-7-8-11-17-21(18,19)13-9-10-14(16)15(12-13)20-2/h9-10,12,17H,3-8,11,16H2,1-2H3. The number of anilines is 1. The molecule has 0 radical (unpaired) electrons. The second-order valence-corrected chi connectivity index (χ2v) is 6.84. The molecule has 3 N–H and O–H groups in total. The van der Waals surface area contributed by atoms with Gasteiger partial charge in [-0.15, -0.1) is 0 Å². The van der Waals surface area contributed by atoms with Crippen LogP contribution in [0.2, 0.25) is 0 Å². The third-order valence-corrected chi connectivity index (χ3v) is 4.80. The zero-order chi connectivity index (χ0) is 15.7. The van der Waals surface area contributed by atoms with Crippen molar-refractivity contribution in [2.75, 3.05) is 19.4 Å². The van der Waals surface area contributed by atoms with Crippen LogP contribution in [0.25, 0.3) is 0 Å². The number of benzene rings is 1. The summed E-state index contributed by atoms with van der Waals surface area (Å²) in [6.45, 7) is 2.64. The van der Waals surface area contributed by atoms with E-state index in [0.29, 0.717) is 18.0 Å². The Morgan fingerprint density at radius 3 is 2.48 bits per heavy atom. The SMILES string of the molecule is CCCCCCCCNS(=O)(=O)c1ccc(N)c(OC)c1. The molecule has 0 fully saturated rings. The summed E-state index contributed by atoms with van der Waals surface area (Å²) in [5, 5.41) is 0. The lowest BCUT2D eigenvalue weighted by molar-refractivity contribution is 0.415. The number of rotatable bonds is 10. The molecule has 0 aliphatic rings. The van der Waals surface area contributed by atoms with Crippen LogP contribution in [-0.4, -0.2) is 22.1 Å². The smallest absolute Gasteiger partial charge is 0.240 e. The molecule has 21 heavy (non-hydrogen) atoms. The number of unbranched alkanes of at least 4 members (excludes halogenated alkanes) is 5. The Morgan fingerprint density at radius 2 is 1.81 bits per heavy atom. The molecule has 0 heterocycles. The molecule has 0 amide bonds. The van der Waals surface area contributed by atoms with E-state index in [1.165, 1.54) is 44.6 Å². The van der Waals surface area contributed by atoms with Gasteiger partial charge < -0.3 is 10.5 Å². The Morgan fingerprint density at radius 1 is 1.14 bits per heavy atom. The summed E-state index contributed by atoms with van der Waals surface area (Å²) in [7, 11) is -2.03. The first-order chi connectivity index (χ1) is 10.0. The summed E-state index contributed by atoms with van der Waals surface area (Å²) in [5.74, 6) is 0.373. The summed E-state index contributed by atoms with van der Waals surface area (Å²) in [5.41, 5.74) is 6.11. The number of nitrogens with two attached hydrogens (primary N) is 1. The van der Waals surface area contributed by atoms with Crippen LogP contribution in [0.4, 0.5) is 5.69 Å². The van der Waals surface area contributed by atoms with Gasteiger partial charge in [0.2, 0.25) is 10.0 Å². The van der Waals surface area contributed by atoms with Crippen molar-refractivity contribution in [3.05, 3.63) is 18.2 Å². The van der Waals surface area contributed by atoms with Gasteiger partial charge in [-0.2, -0.15) is 0 Å². The molecule has 0 aliphatic heterocycles. The largest absolute Gasteiger partial charge is 0.495 e. The number of sulfonamides is 1. The molecular weight excluding hydrogens is 288 g/mol. The zero-order valence-corrected chi connectivity index (χ0v) is 13.7. The van der Waals surface area contributed by atoms with Crippen LogP contribution in [0.5, 0.6) is 5.75 Å². The van der Waals surface area contributed by atoms with Crippen molar-refractivity contribution >= 4 is 15.7 Å². The number of nitrogens with one attached hydrogen (secondary N) is 1. The van der Waals surface area contributed by atoms with Gasteiger partial charge in [0.05, 0.1) is 17.7 Å². The highest BCUT2D eigenvalue weighted by atomic mass is 32.2. The Bertz CT molecular complexity index is 530. The predicted molar refractivity (Wildman–Crippen MR) is 86.0 cm³/mol. The predicted octanol–water partition coefficient (Wildman–Crippen LogP) is 2.92. The number of nitrogen functional groups attached to an aromatic ring is 1. The third kappa shape index (κ3) is 5.93. The molecule has 0 atom stereocenters. The molecule has 0 aromatic heterocycles. The number of hydrogen-bond donors (Lipinski definition) is 2. The lowest BCUT2D eigenvalue weighted by Gasteiger charge is -2.09. The fourth-order valence-electron chi connectivity index (χ4n) is 2.05. The quantitative estimate of drug-likeness (QED) is 0.514. The third-order valence-electron chi connectivity index (χ3n) is 3.34. The molecule has 0 spiro atoms. The molecule has 1 aromatic carbocycles. The lowest BCUT2D eigenvalue weighted by Crippen LogP contribution is -2.24. The summed E-state index contributed by atoms with van der Waals surface area (Å²) in [6, 6.07) is 4.47. The minimum atomic E-state index is -3.49. The average Bonchev–Trinajstić information content (AvgIpc) is 2.46. The van der Waals surface area contributed by atoms with Gasteiger partial charge in [-0.05, 0) is 18.6 Å². The molecule has 1 rings (SSSR count). The van der Waals surface area contributed by atoms with Crippen molar-refractivity contribution in [1.82, 2.24) is 4.72 Å². The molecule has 0 aliphatic carbocycles. The maximum absolute atomic E-state index is 12.1. The Hall–Kier alpha value is -1.27. The van der Waals surface area contributed by atoms with Gasteiger partial charge in [-0.25, -0.2) is 13.1 Å². The maximum atomic E-state index is 12.1. The van der Waals surface area contributed by atoms with E-state index < -0.39 is 10.0 Å². The highest BCUT2D eigenvalue weighted by Crippen LogP contribution is 2.24. The summed E-state index contributed by atoms with van der Waals surface area (Å²) in [4.78, 5) is 0.180. The second-order valence-electron chi connectivity index (χ2n) is 5.07. The minimum Gasteiger partial charge on any atom is -0.495 e. The molecule has 0 unspecified atom stereocenters. The van der Waals surface area contributed by atoms with Crippen LogP contribution in [0.15, 0.2) is 23.1 Å². The highest BCUT2D eigenvalue weighted by molar-refractivity contribution is 7.89. The van der Waals surface area contributed by atoms with E-state index in [9.17, 15) is 8.42 Å². The van der Waals surface area contributed by atoms with Crippen molar-refractivity contribution in [1.29, 1.82) is 0 Å². The maximum Gasteiger partial charge on any atom is 0.240 e. The molecule has 5 nitrogen and oxygen atoms in total. The summed E-state index contributed by atoms with van der Waals surface area (Å²) < 4.78 is 31.9. The first-order valence-electron chi connectivity index (χ1n) is 7.44. The summed E-state index contributed by atoms with van der Waals surface area (Å²) in [6.07, 6.45) is 6.74. The van der Waals surface area contributed by atoms with Gasteiger partial charge in [0, 0.05) is 12.6 Å². The molecule has 1 aromatic rings. The van der Waals surface area contributed by atoms with E-state index in [0.717, 1.165) is 19.3 Å². The van der Waals surface area contributed by atoms with Crippen LogP contribution in [0.1, 0.15) is 45.4 Å². The normalized spacial score (nSPS) is 11.5. The molecule has 0 saturated heterocycles. The Labute approximate surface area is 127 Å². The van der Waals surface area contributed by atoms with Crippen LogP contribution in [0, 0.1) is 0 Å². The lowest BCUT2D eigenvalue weighted by atomic mass is 10.1. The first kappa shape index (κ1) is 17.8. The molecular formula is C15H26N2O3S. The van der Waals surface area contributed by atoms with E-state index in [2.05, 4.69) is 11.6 Å². The van der Waals surface area contributed by atoms with Crippen molar-refractivity contribution in [3.63, 3.8) is 0 Å². The van der Waals surface area contributed by atoms with E-state index in [1.54, 1.807) is 0 Å². The summed E-state index contributed by atoms with van der Waals surface area (Å²) >= 11 is 0. The van der Waals surface area contributed by atoms with E-state index in [-0.39, 0.29) is 4.90 Å². The van der Waals surface area contributed by atoms with Gasteiger partial charge in [-0.3, -0.25) is 0 Å². The molecule has 0 saturated carbocycles. The second kappa shape index (κ2) is 8.89. The zero-order valence-electron chi connectivity index (χ0n) is 12.9. The van der Waals surface area contributed by atoms with Crippen molar-refractivity contribution in [3.8, 4) is 5.75 Å². The van der Waals surface area contributed by atoms with Gasteiger partial charge >= 0.3 is 0 Å². The average molecular weight is 314 g/mol. The first-order valence-corrected chi connectivity index (χ1v) is 8.92. The fourth-order valence-corrected chi connectivity index (χ4v) is 3.14. The van der Waals surface area contributed by atoms with Crippen LogP contribution >= 0.6 is 0 Å². The van der Waals surface area contributed by atoms with Crippen molar-refractivity contribution in [2.45, 2.75) is 50.3 Å². The Kier molecular flexibility index (Phi) is 7.53. The molecule has 0 bridgehead atoms. The molecule has 120 valence electrons. The van der Waals surface area contributed by atoms with E-state index >= 15 is 0 Å². The molecule has 6 heteroatoms. The highest BCUT2D eigenvalue weighted by Gasteiger charge is 2.15. The number of ether oxygens (including phenoxy) is 1. The van der Waals surface area contributed by atoms with Crippen LogP contribution < -0.4 is 15.2 Å². The van der Waals surface area contributed by atoms with Gasteiger partial charge in [0.25, 0.3) is 0 Å².